The highest BCUT2D eigenvalue weighted by Gasteiger charge is 2.42. The molecule has 5 heteroatoms. The molecule has 0 aromatic carbocycles. The fourth-order valence-electron chi connectivity index (χ4n) is 4.10. The van der Waals surface area contributed by atoms with Crippen LogP contribution in [0.15, 0.2) is 24.5 Å². The summed E-state index contributed by atoms with van der Waals surface area (Å²) in [6.45, 7) is 9.77. The lowest BCUT2D eigenvalue weighted by Crippen LogP contribution is -2.54. The van der Waals surface area contributed by atoms with Crippen LogP contribution in [-0.2, 0) is 5.21 Å². The van der Waals surface area contributed by atoms with Gasteiger partial charge in [-0.15, -0.1) is 10.3 Å². The minimum Gasteiger partial charge on any atom is -0.490 e. The molecule has 0 bridgehead atoms. The first-order valence-electron chi connectivity index (χ1n) is 9.17. The summed E-state index contributed by atoms with van der Waals surface area (Å²) in [5.41, 5.74) is 1.25. The highest BCUT2D eigenvalue weighted by atomic mass is 16.5. The molecular weight excluding hydrogens is 314 g/mol. The van der Waals surface area contributed by atoms with Crippen molar-refractivity contribution in [3.8, 4) is 5.75 Å². The van der Waals surface area contributed by atoms with Crippen LogP contribution in [0.2, 0.25) is 0 Å². The molecule has 1 radical (unpaired) electrons. The predicted octanol–water partition coefficient (Wildman–Crippen LogP) is 3.55. The average molecular weight is 344 g/mol. The second-order valence-electron chi connectivity index (χ2n) is 8.60. The van der Waals surface area contributed by atoms with Crippen LogP contribution in [0.25, 0.3) is 5.57 Å². The minimum absolute atomic E-state index is 0.434. The number of rotatable bonds is 4. The monoisotopic (exact) mass is 344 g/mol. The van der Waals surface area contributed by atoms with E-state index in [0.717, 1.165) is 23.4 Å². The molecule has 1 aromatic heterocycles. The lowest BCUT2D eigenvalue weighted by molar-refractivity contribution is -0.260. The molecule has 0 aliphatic carbocycles. The molecule has 0 spiro atoms. The highest BCUT2D eigenvalue weighted by molar-refractivity contribution is 5.69. The van der Waals surface area contributed by atoms with Crippen LogP contribution in [0.4, 0.5) is 0 Å². The van der Waals surface area contributed by atoms with Crippen LogP contribution in [0.1, 0.15) is 52.5 Å². The summed E-state index contributed by atoms with van der Waals surface area (Å²) in [5.74, 6) is 0.805. The molecule has 0 saturated carbocycles. The normalized spacial score (nSPS) is 26.5. The van der Waals surface area contributed by atoms with E-state index in [9.17, 15) is 5.21 Å². The van der Waals surface area contributed by atoms with Gasteiger partial charge in [-0.05, 0) is 77.8 Å². The van der Waals surface area contributed by atoms with Gasteiger partial charge in [0.15, 0.2) is 0 Å². The Bertz CT molecular complexity index is 654. The van der Waals surface area contributed by atoms with E-state index in [-0.39, 0.29) is 0 Å². The number of likely N-dealkylation sites (N-methyl/N-ethyl adjacent to an activating group) is 1. The molecule has 0 amide bonds. The summed E-state index contributed by atoms with van der Waals surface area (Å²) in [5, 5.41) is 13.7. The van der Waals surface area contributed by atoms with Crippen LogP contribution < -0.4 is 4.74 Å². The Morgan fingerprint density at radius 3 is 2.68 bits per heavy atom. The standard InChI is InChI=1S/C20H30N3O2/c1-19(2)10-16(11-20(3,4)23(19)24)15-9-18(13-21-12-15)25-14-17-7-6-8-22(17)5/h9-10,12-13,17H,6-8,11,14H2,1-5H3/t17-/m1/s1. The second kappa shape index (κ2) is 6.71. The number of pyridine rings is 1. The number of hydrogen-bond acceptors (Lipinski definition) is 4. The van der Waals surface area contributed by atoms with Crippen LogP contribution in [0.3, 0.4) is 0 Å². The fourth-order valence-corrected chi connectivity index (χ4v) is 4.10. The van der Waals surface area contributed by atoms with Gasteiger partial charge >= 0.3 is 0 Å². The van der Waals surface area contributed by atoms with Crippen molar-refractivity contribution in [2.24, 2.45) is 0 Å². The van der Waals surface area contributed by atoms with Gasteiger partial charge in [0.2, 0.25) is 0 Å². The van der Waals surface area contributed by atoms with Gasteiger partial charge in [-0.1, -0.05) is 6.08 Å². The molecule has 3 rings (SSSR count). The molecule has 0 unspecified atom stereocenters. The van der Waals surface area contributed by atoms with Crippen molar-refractivity contribution in [1.29, 1.82) is 0 Å². The van der Waals surface area contributed by atoms with Gasteiger partial charge in [0, 0.05) is 17.8 Å². The summed E-state index contributed by atoms with van der Waals surface area (Å²) in [6.07, 6.45) is 8.85. The average Bonchev–Trinajstić information content (AvgIpc) is 2.95. The van der Waals surface area contributed by atoms with E-state index in [1.165, 1.54) is 17.9 Å². The van der Waals surface area contributed by atoms with Gasteiger partial charge < -0.3 is 9.64 Å². The Morgan fingerprint density at radius 2 is 2.04 bits per heavy atom. The van der Waals surface area contributed by atoms with E-state index >= 15 is 0 Å². The first kappa shape index (κ1) is 18.4. The number of likely N-dealkylation sites (tertiary alicyclic amines) is 1. The van der Waals surface area contributed by atoms with Crippen molar-refractivity contribution in [1.82, 2.24) is 14.9 Å². The quantitative estimate of drug-likeness (QED) is 0.838. The molecule has 1 aromatic rings. The van der Waals surface area contributed by atoms with Crippen LogP contribution in [-0.4, -0.2) is 52.3 Å². The molecule has 1 atom stereocenters. The maximum absolute atomic E-state index is 12.5. The molecule has 1 fully saturated rings. The van der Waals surface area contributed by atoms with Crippen molar-refractivity contribution < 1.29 is 9.94 Å². The van der Waals surface area contributed by atoms with E-state index in [4.69, 9.17) is 4.74 Å². The van der Waals surface area contributed by atoms with Crippen molar-refractivity contribution in [2.45, 2.75) is 64.1 Å². The first-order valence-corrected chi connectivity index (χ1v) is 9.17. The smallest absolute Gasteiger partial charge is 0.138 e. The van der Waals surface area contributed by atoms with Gasteiger partial charge in [0.1, 0.15) is 12.4 Å². The second-order valence-corrected chi connectivity index (χ2v) is 8.60. The van der Waals surface area contributed by atoms with E-state index in [0.29, 0.717) is 19.1 Å². The number of nitrogens with zero attached hydrogens (tertiary/aromatic N) is 3. The Morgan fingerprint density at radius 1 is 1.28 bits per heavy atom. The largest absolute Gasteiger partial charge is 0.490 e. The van der Waals surface area contributed by atoms with Gasteiger partial charge in [-0.3, -0.25) is 4.98 Å². The lowest BCUT2D eigenvalue weighted by atomic mass is 9.81. The Kier molecular flexibility index (Phi) is 4.93. The van der Waals surface area contributed by atoms with Crippen LogP contribution in [0, 0.1) is 0 Å². The van der Waals surface area contributed by atoms with Crippen LogP contribution in [0.5, 0.6) is 5.75 Å². The summed E-state index contributed by atoms with van der Waals surface area (Å²) in [4.78, 5) is 6.72. The molecule has 25 heavy (non-hydrogen) atoms. The molecule has 3 heterocycles. The summed E-state index contributed by atoms with van der Waals surface area (Å²) in [7, 11) is 2.15. The summed E-state index contributed by atoms with van der Waals surface area (Å²) >= 11 is 0. The molecule has 2 aliphatic heterocycles. The number of hydrogen-bond donors (Lipinski definition) is 0. The minimum atomic E-state index is -0.527. The van der Waals surface area contributed by atoms with Crippen molar-refractivity contribution in [3.05, 3.63) is 30.1 Å². The topological polar surface area (TPSA) is 48.5 Å². The van der Waals surface area contributed by atoms with E-state index in [2.05, 4.69) is 29.1 Å². The third kappa shape index (κ3) is 3.89. The van der Waals surface area contributed by atoms with Gasteiger partial charge in [-0.2, -0.15) is 0 Å². The summed E-state index contributed by atoms with van der Waals surface area (Å²) < 4.78 is 6.01. The SMILES string of the molecule is CN1CCC[C@@H]1COc1cncc(C2=CC(C)(C)N([O])C(C)(C)C2)c1. The third-order valence-corrected chi connectivity index (χ3v) is 5.42. The highest BCUT2D eigenvalue weighted by Crippen LogP contribution is 2.40. The zero-order chi connectivity index (χ0) is 18.2. The van der Waals surface area contributed by atoms with Crippen LogP contribution >= 0.6 is 0 Å². The van der Waals surface area contributed by atoms with E-state index in [1.54, 1.807) is 6.20 Å². The zero-order valence-corrected chi connectivity index (χ0v) is 16.1. The molecule has 2 aliphatic rings. The number of hydroxylamine groups is 2. The van der Waals surface area contributed by atoms with Gasteiger partial charge in [0.05, 0.1) is 11.7 Å². The molecule has 1 saturated heterocycles. The maximum Gasteiger partial charge on any atom is 0.138 e. The molecular formula is C20H30N3O2. The van der Waals surface area contributed by atoms with Gasteiger partial charge in [-0.25, -0.2) is 0 Å². The first-order chi connectivity index (χ1) is 11.7. The summed E-state index contributed by atoms with van der Waals surface area (Å²) in [6, 6.07) is 2.55. The number of ether oxygens (including phenoxy) is 1. The third-order valence-electron chi connectivity index (χ3n) is 5.42. The zero-order valence-electron chi connectivity index (χ0n) is 16.1. The van der Waals surface area contributed by atoms with E-state index in [1.807, 2.05) is 33.9 Å². The van der Waals surface area contributed by atoms with Crippen molar-refractivity contribution >= 4 is 5.57 Å². The lowest BCUT2D eigenvalue weighted by Gasteiger charge is -2.45. The predicted molar refractivity (Wildman–Crippen MR) is 98.7 cm³/mol. The van der Waals surface area contributed by atoms with E-state index < -0.39 is 11.1 Å². The Labute approximate surface area is 151 Å². The number of aromatic nitrogens is 1. The molecule has 5 nitrogen and oxygen atoms in total. The van der Waals surface area contributed by atoms with Gasteiger partial charge in [0.25, 0.3) is 0 Å². The molecule has 137 valence electrons. The van der Waals surface area contributed by atoms with Crippen molar-refractivity contribution in [3.63, 3.8) is 0 Å². The maximum atomic E-state index is 12.5. The fraction of sp³-hybridized carbons (Fsp3) is 0.650. The Balaban J connectivity index is 1.77. The van der Waals surface area contributed by atoms with Crippen molar-refractivity contribution in [2.75, 3.05) is 20.2 Å². The Hall–Kier alpha value is -1.43. The molecule has 0 N–H and O–H groups in total.